The number of nitrogens with one attached hydrogen (secondary N) is 2. The molecule has 0 saturated heterocycles. The number of aliphatic imine (C=N–C) groups is 1. The molecule has 0 amide bonds. The van der Waals surface area contributed by atoms with Gasteiger partial charge in [-0.15, -0.1) is 0 Å². The zero-order valence-electron chi connectivity index (χ0n) is 18.9. The molecule has 172 valence electrons. The van der Waals surface area contributed by atoms with Crippen LogP contribution in [0.1, 0.15) is 24.6 Å². The highest BCUT2D eigenvalue weighted by atomic mass is 79.9. The quantitative estimate of drug-likeness (QED) is 0.174. The molecule has 0 atom stereocenters. The van der Waals surface area contributed by atoms with E-state index in [1.165, 1.54) is 0 Å². The second-order valence-electron chi connectivity index (χ2n) is 7.66. The molecule has 3 N–H and O–H groups in total. The Morgan fingerprint density at radius 3 is 2.61 bits per heavy atom. The van der Waals surface area contributed by atoms with Gasteiger partial charge in [0.2, 0.25) is 0 Å². The van der Waals surface area contributed by atoms with Gasteiger partial charge in [0.1, 0.15) is 17.3 Å². The predicted molar refractivity (Wildman–Crippen MR) is 139 cm³/mol. The molecule has 1 aromatic heterocycles. The first kappa shape index (κ1) is 24.6. The Balaban J connectivity index is 1.77. The van der Waals surface area contributed by atoms with Gasteiger partial charge in [0.05, 0.1) is 11.4 Å². The van der Waals surface area contributed by atoms with Crippen molar-refractivity contribution in [1.82, 2.24) is 10.3 Å². The molecule has 0 radical (unpaired) electrons. The number of rotatable bonds is 10. The monoisotopic (exact) mass is 508 g/mol. The number of pyridine rings is 1. The average Bonchev–Trinajstić information content (AvgIpc) is 2.80. The van der Waals surface area contributed by atoms with Gasteiger partial charge < -0.3 is 20.5 Å². The summed E-state index contributed by atoms with van der Waals surface area (Å²) in [5, 5.41) is 15.5. The number of amidine groups is 1. The Bertz CT molecular complexity index is 1110. The van der Waals surface area contributed by atoms with Gasteiger partial charge in [0, 0.05) is 41.6 Å². The number of aliphatic hydroxyl groups excluding tert-OH is 1. The molecule has 0 fully saturated rings. The zero-order valence-corrected chi connectivity index (χ0v) is 20.5. The molecule has 0 aliphatic carbocycles. The Hall–Kier alpha value is -3.00. The molecule has 0 aliphatic rings. The first-order valence-corrected chi connectivity index (χ1v) is 11.6. The number of aryl methyl sites for hydroxylation is 1. The highest BCUT2D eigenvalue weighted by molar-refractivity contribution is 9.10. The van der Waals surface area contributed by atoms with Gasteiger partial charge in [-0.05, 0) is 74.3 Å². The van der Waals surface area contributed by atoms with E-state index in [1.54, 1.807) is 6.20 Å². The van der Waals surface area contributed by atoms with Crippen molar-refractivity contribution in [2.24, 2.45) is 4.99 Å². The van der Waals surface area contributed by atoms with Gasteiger partial charge in [-0.1, -0.05) is 28.6 Å². The summed E-state index contributed by atoms with van der Waals surface area (Å²) in [4.78, 5) is 9.19. The molecule has 3 rings (SSSR count). The first-order chi connectivity index (χ1) is 15.9. The molecule has 6 nitrogen and oxygen atoms in total. The highest BCUT2D eigenvalue weighted by Gasteiger charge is 2.07. The van der Waals surface area contributed by atoms with Crippen LogP contribution in [0.5, 0.6) is 11.5 Å². The molecule has 0 saturated carbocycles. The van der Waals surface area contributed by atoms with E-state index in [0.29, 0.717) is 30.3 Å². The van der Waals surface area contributed by atoms with Crippen molar-refractivity contribution in [1.29, 1.82) is 0 Å². The third kappa shape index (κ3) is 7.82. The molecule has 2 aromatic carbocycles. The summed E-state index contributed by atoms with van der Waals surface area (Å²) in [6, 6.07) is 17.5. The van der Waals surface area contributed by atoms with E-state index >= 15 is 0 Å². The van der Waals surface area contributed by atoms with Crippen molar-refractivity contribution in [3.63, 3.8) is 0 Å². The first-order valence-electron chi connectivity index (χ1n) is 10.8. The van der Waals surface area contributed by atoms with Gasteiger partial charge in [-0.3, -0.25) is 4.98 Å². The van der Waals surface area contributed by atoms with Crippen LogP contribution < -0.4 is 15.4 Å². The minimum absolute atomic E-state index is 0.174. The van der Waals surface area contributed by atoms with Crippen molar-refractivity contribution in [2.75, 3.05) is 18.5 Å². The van der Waals surface area contributed by atoms with E-state index in [0.717, 1.165) is 39.2 Å². The van der Waals surface area contributed by atoms with Gasteiger partial charge in [0.25, 0.3) is 0 Å². The number of benzene rings is 2. The topological polar surface area (TPSA) is 78.8 Å². The van der Waals surface area contributed by atoms with Gasteiger partial charge in [-0.25, -0.2) is 4.99 Å². The Morgan fingerprint density at radius 2 is 1.88 bits per heavy atom. The number of ether oxygens (including phenoxy) is 1. The Kier molecular flexibility index (Phi) is 9.18. The van der Waals surface area contributed by atoms with Gasteiger partial charge >= 0.3 is 0 Å². The summed E-state index contributed by atoms with van der Waals surface area (Å²) in [6.45, 7) is 9.54. The zero-order chi connectivity index (χ0) is 23.6. The fraction of sp³-hybridized carbons (Fsp3) is 0.231. The summed E-state index contributed by atoms with van der Waals surface area (Å²) in [6.07, 6.45) is 2.44. The smallest absolute Gasteiger partial charge is 0.133 e. The molecular weight excluding hydrogens is 480 g/mol. The van der Waals surface area contributed by atoms with E-state index in [2.05, 4.69) is 38.1 Å². The predicted octanol–water partition coefficient (Wildman–Crippen LogP) is 6.14. The fourth-order valence-electron chi connectivity index (χ4n) is 2.97. The third-order valence-electron chi connectivity index (χ3n) is 4.77. The standard InChI is InChI=1S/C26H29BrN4O2/c1-18(2)26(30-21-8-6-20(27)7-9-21)31-25-16-23(10-5-19(25)3)33-24-11-13-29-22(15-24)17-28-12-4-14-32/h5-11,13,15-16,28,32H,1,4,12,14,17H2,2-3H3,(H,30,31). The number of hydrogen-bond acceptors (Lipinski definition) is 5. The maximum absolute atomic E-state index is 8.89. The van der Waals surface area contributed by atoms with Crippen molar-refractivity contribution < 1.29 is 9.84 Å². The number of halogens is 1. The lowest BCUT2D eigenvalue weighted by atomic mass is 10.2. The molecule has 1 heterocycles. The number of anilines is 1. The van der Waals surface area contributed by atoms with Crippen LogP contribution in [-0.2, 0) is 6.54 Å². The fourth-order valence-corrected chi connectivity index (χ4v) is 3.23. The van der Waals surface area contributed by atoms with Gasteiger partial charge in [0.15, 0.2) is 0 Å². The maximum Gasteiger partial charge on any atom is 0.133 e. The van der Waals surface area contributed by atoms with Crippen LogP contribution in [0.25, 0.3) is 0 Å². The summed E-state index contributed by atoms with van der Waals surface area (Å²) in [5.41, 5.74) is 4.47. The molecule has 7 heteroatoms. The van der Waals surface area contributed by atoms with Crippen LogP contribution in [0, 0.1) is 6.92 Å². The second kappa shape index (κ2) is 12.3. The number of nitrogens with zero attached hydrogens (tertiary/aromatic N) is 2. The van der Waals surface area contributed by atoms with Gasteiger partial charge in [-0.2, -0.15) is 0 Å². The van der Waals surface area contributed by atoms with Crippen molar-refractivity contribution in [3.8, 4) is 11.5 Å². The molecule has 0 aliphatic heterocycles. The van der Waals surface area contributed by atoms with E-state index in [1.807, 2.05) is 68.4 Å². The van der Waals surface area contributed by atoms with Crippen LogP contribution >= 0.6 is 15.9 Å². The summed E-state index contributed by atoms with van der Waals surface area (Å²) >= 11 is 3.46. The maximum atomic E-state index is 8.89. The molecule has 33 heavy (non-hydrogen) atoms. The average molecular weight is 509 g/mol. The highest BCUT2D eigenvalue weighted by Crippen LogP contribution is 2.29. The van der Waals surface area contributed by atoms with E-state index in [4.69, 9.17) is 14.8 Å². The van der Waals surface area contributed by atoms with Crippen LogP contribution in [0.3, 0.4) is 0 Å². The number of hydrogen-bond donors (Lipinski definition) is 3. The van der Waals surface area contributed by atoms with E-state index in [-0.39, 0.29) is 6.61 Å². The second-order valence-corrected chi connectivity index (χ2v) is 8.58. The van der Waals surface area contributed by atoms with Crippen LogP contribution in [0.15, 0.2) is 82.4 Å². The largest absolute Gasteiger partial charge is 0.457 e. The lowest BCUT2D eigenvalue weighted by Gasteiger charge is -2.13. The minimum Gasteiger partial charge on any atom is -0.457 e. The van der Waals surface area contributed by atoms with Crippen molar-refractivity contribution >= 4 is 33.1 Å². The molecular formula is C26H29BrN4O2. The number of aliphatic hydroxyl groups is 1. The lowest BCUT2D eigenvalue weighted by molar-refractivity contribution is 0.286. The Morgan fingerprint density at radius 1 is 1.12 bits per heavy atom. The summed E-state index contributed by atoms with van der Waals surface area (Å²) in [5.74, 6) is 2.09. The normalized spacial score (nSPS) is 11.3. The summed E-state index contributed by atoms with van der Waals surface area (Å²) < 4.78 is 7.11. The van der Waals surface area contributed by atoms with E-state index in [9.17, 15) is 0 Å². The van der Waals surface area contributed by atoms with Crippen LogP contribution in [-0.4, -0.2) is 29.1 Å². The molecule has 0 bridgehead atoms. The molecule has 0 spiro atoms. The van der Waals surface area contributed by atoms with Crippen LogP contribution in [0.2, 0.25) is 0 Å². The van der Waals surface area contributed by atoms with E-state index < -0.39 is 0 Å². The third-order valence-corrected chi connectivity index (χ3v) is 5.29. The number of aromatic nitrogens is 1. The minimum atomic E-state index is 0.174. The molecule has 3 aromatic rings. The van der Waals surface area contributed by atoms with Crippen LogP contribution in [0.4, 0.5) is 11.4 Å². The molecule has 0 unspecified atom stereocenters. The SMILES string of the molecule is C=C(C)C(=Nc1cc(Oc2ccnc(CNCCCO)c2)ccc1C)Nc1ccc(Br)cc1. The summed E-state index contributed by atoms with van der Waals surface area (Å²) in [7, 11) is 0. The van der Waals surface area contributed by atoms with Crippen molar-refractivity contribution in [2.45, 2.75) is 26.8 Å². The lowest BCUT2D eigenvalue weighted by Crippen LogP contribution is -2.16. The Labute approximate surface area is 203 Å². The van der Waals surface area contributed by atoms with Crippen molar-refractivity contribution in [3.05, 3.63) is 88.7 Å².